The maximum absolute atomic E-state index is 12.6. The average Bonchev–Trinajstić information content (AvgIpc) is 2.91. The number of likely N-dealkylation sites (tertiary alicyclic amines) is 1. The highest BCUT2D eigenvalue weighted by atomic mass is 32.1. The first-order valence-electron chi connectivity index (χ1n) is 8.12. The van der Waals surface area contributed by atoms with Crippen LogP contribution in [0.4, 0.5) is 8.78 Å². The Hall–Kier alpha value is -1.74. The fourth-order valence-electron chi connectivity index (χ4n) is 3.07. The van der Waals surface area contributed by atoms with Crippen LogP contribution in [-0.2, 0) is 4.79 Å². The Morgan fingerprint density at radius 1 is 1.44 bits per heavy atom. The van der Waals surface area contributed by atoms with Crippen molar-refractivity contribution in [2.75, 3.05) is 26.2 Å². The Morgan fingerprint density at radius 3 is 2.60 bits per heavy atom. The molecule has 0 atom stereocenters. The fraction of sp³-hybridized carbons (Fsp3) is 0.625. The molecule has 1 aliphatic heterocycles. The number of alkyl halides is 2. The van der Waals surface area contributed by atoms with Crippen molar-refractivity contribution in [3.8, 4) is 5.75 Å². The molecule has 1 fully saturated rings. The van der Waals surface area contributed by atoms with Gasteiger partial charge in [-0.25, -0.2) is 0 Å². The number of halogens is 2. The predicted molar refractivity (Wildman–Crippen MR) is 89.5 cm³/mol. The molecular formula is C16H22F2N2O4S. The number of carboxylic acids is 1. The first-order valence-corrected chi connectivity index (χ1v) is 8.93. The quantitative estimate of drug-likeness (QED) is 0.792. The number of nitrogens with zero attached hydrogens (tertiary/aromatic N) is 2. The molecule has 1 aromatic heterocycles. The number of carbonyl (C=O) groups excluding carboxylic acids is 1. The number of carbonyl (C=O) groups is 2. The summed E-state index contributed by atoms with van der Waals surface area (Å²) in [6, 6.07) is 1.55. The van der Waals surface area contributed by atoms with Gasteiger partial charge >= 0.3 is 12.6 Å². The predicted octanol–water partition coefficient (Wildman–Crippen LogP) is 2.67. The van der Waals surface area contributed by atoms with Gasteiger partial charge in [-0.3, -0.25) is 14.5 Å². The second kappa shape index (κ2) is 8.57. The fourth-order valence-corrected chi connectivity index (χ4v) is 3.99. The van der Waals surface area contributed by atoms with Gasteiger partial charge in [0.25, 0.3) is 5.91 Å². The number of likely N-dealkylation sites (N-methyl/N-ethyl adjacent to an activating group) is 1. The van der Waals surface area contributed by atoms with Crippen molar-refractivity contribution >= 4 is 23.2 Å². The number of aryl methyl sites for hydroxylation is 1. The van der Waals surface area contributed by atoms with Crippen molar-refractivity contribution < 1.29 is 28.2 Å². The van der Waals surface area contributed by atoms with Gasteiger partial charge in [0, 0.05) is 24.0 Å². The molecule has 6 nitrogen and oxygen atoms in total. The summed E-state index contributed by atoms with van der Waals surface area (Å²) >= 11 is 1.14. The number of piperidine rings is 1. The van der Waals surface area contributed by atoms with Gasteiger partial charge in [-0.05, 0) is 32.4 Å². The van der Waals surface area contributed by atoms with Crippen LogP contribution in [0, 0.1) is 6.92 Å². The molecule has 25 heavy (non-hydrogen) atoms. The zero-order chi connectivity index (χ0) is 18.6. The zero-order valence-corrected chi connectivity index (χ0v) is 15.0. The Labute approximate surface area is 149 Å². The third kappa shape index (κ3) is 5.12. The van der Waals surface area contributed by atoms with E-state index in [9.17, 15) is 18.4 Å². The van der Waals surface area contributed by atoms with E-state index in [2.05, 4.69) is 4.74 Å². The smallest absolute Gasteiger partial charge is 0.387 e. The number of hydrogen-bond acceptors (Lipinski definition) is 5. The lowest BCUT2D eigenvalue weighted by atomic mass is 10.0. The third-order valence-electron chi connectivity index (χ3n) is 4.24. The summed E-state index contributed by atoms with van der Waals surface area (Å²) in [7, 11) is 0. The van der Waals surface area contributed by atoms with E-state index in [0.717, 1.165) is 16.2 Å². The van der Waals surface area contributed by atoms with Gasteiger partial charge in [0.1, 0.15) is 10.6 Å². The lowest BCUT2D eigenvalue weighted by molar-refractivity contribution is -0.139. The largest absolute Gasteiger partial charge is 0.480 e. The summed E-state index contributed by atoms with van der Waals surface area (Å²) in [6.45, 7) is 2.20. The van der Waals surface area contributed by atoms with E-state index in [1.807, 2.05) is 11.8 Å². The van der Waals surface area contributed by atoms with Crippen LogP contribution < -0.4 is 4.74 Å². The number of hydrogen-bond donors (Lipinski definition) is 1. The molecule has 2 rings (SSSR count). The van der Waals surface area contributed by atoms with Crippen molar-refractivity contribution in [1.29, 1.82) is 0 Å². The van der Waals surface area contributed by atoms with Crippen molar-refractivity contribution in [1.82, 2.24) is 9.80 Å². The molecule has 0 saturated carbocycles. The summed E-state index contributed by atoms with van der Waals surface area (Å²) in [5, 5.41) is 8.96. The normalized spacial score (nSPS) is 15.8. The second-order valence-electron chi connectivity index (χ2n) is 5.91. The van der Waals surface area contributed by atoms with E-state index in [-0.39, 0.29) is 29.1 Å². The van der Waals surface area contributed by atoms with Gasteiger partial charge in [-0.1, -0.05) is 6.92 Å². The van der Waals surface area contributed by atoms with Gasteiger partial charge in [0.05, 0.1) is 6.54 Å². The minimum atomic E-state index is -2.97. The molecule has 0 aliphatic carbocycles. The van der Waals surface area contributed by atoms with E-state index in [1.165, 1.54) is 6.07 Å². The summed E-state index contributed by atoms with van der Waals surface area (Å²) < 4.78 is 29.5. The topological polar surface area (TPSA) is 70.1 Å². The first-order chi connectivity index (χ1) is 11.8. The number of rotatable bonds is 7. The second-order valence-corrected chi connectivity index (χ2v) is 7.17. The molecule has 1 N–H and O–H groups in total. The van der Waals surface area contributed by atoms with Gasteiger partial charge in [-0.15, -0.1) is 11.3 Å². The van der Waals surface area contributed by atoms with Crippen LogP contribution >= 0.6 is 11.3 Å². The molecule has 0 spiro atoms. The Balaban J connectivity index is 2.01. The highest BCUT2D eigenvalue weighted by Gasteiger charge is 2.30. The molecule has 9 heteroatoms. The van der Waals surface area contributed by atoms with Crippen LogP contribution in [0.2, 0.25) is 0 Å². The number of amides is 1. The number of thiophene rings is 1. The summed E-state index contributed by atoms with van der Waals surface area (Å²) in [4.78, 5) is 28.0. The van der Waals surface area contributed by atoms with Crippen LogP contribution in [0.3, 0.4) is 0 Å². The maximum Gasteiger partial charge on any atom is 0.387 e. The highest BCUT2D eigenvalue weighted by Crippen LogP contribution is 2.32. The number of carboxylic acid groups (broad SMARTS) is 1. The maximum atomic E-state index is 12.6. The molecule has 2 heterocycles. The Morgan fingerprint density at radius 2 is 2.08 bits per heavy atom. The Kier molecular flexibility index (Phi) is 6.71. The van der Waals surface area contributed by atoms with Gasteiger partial charge < -0.3 is 14.7 Å². The number of aliphatic carboxylic acids is 1. The zero-order valence-electron chi connectivity index (χ0n) is 14.2. The Bertz CT molecular complexity index is 615. The molecular weight excluding hydrogens is 354 g/mol. The summed E-state index contributed by atoms with van der Waals surface area (Å²) in [6.07, 6.45) is 1.31. The van der Waals surface area contributed by atoms with Crippen LogP contribution in [0.5, 0.6) is 5.75 Å². The van der Waals surface area contributed by atoms with Crippen molar-refractivity contribution in [2.24, 2.45) is 0 Å². The van der Waals surface area contributed by atoms with E-state index >= 15 is 0 Å². The third-order valence-corrected chi connectivity index (χ3v) is 5.26. The van der Waals surface area contributed by atoms with E-state index in [0.29, 0.717) is 32.5 Å². The van der Waals surface area contributed by atoms with Crippen LogP contribution in [-0.4, -0.2) is 65.6 Å². The SMILES string of the molecule is CCN(CC(=O)O)C1CCN(C(=O)c2sc(C)cc2OC(F)F)CC1. The van der Waals surface area contributed by atoms with E-state index in [4.69, 9.17) is 5.11 Å². The molecule has 0 radical (unpaired) electrons. The lowest BCUT2D eigenvalue weighted by Gasteiger charge is -2.37. The van der Waals surface area contributed by atoms with Crippen LogP contribution in [0.15, 0.2) is 6.07 Å². The molecule has 1 saturated heterocycles. The molecule has 1 aromatic rings. The molecule has 140 valence electrons. The van der Waals surface area contributed by atoms with Crippen LogP contribution in [0.25, 0.3) is 0 Å². The van der Waals surface area contributed by atoms with Gasteiger partial charge in [-0.2, -0.15) is 8.78 Å². The van der Waals surface area contributed by atoms with Crippen LogP contribution in [0.1, 0.15) is 34.3 Å². The molecule has 0 unspecified atom stereocenters. The summed E-state index contributed by atoms with van der Waals surface area (Å²) in [5.41, 5.74) is 0. The van der Waals surface area contributed by atoms with E-state index < -0.39 is 12.6 Å². The number of ether oxygens (including phenoxy) is 1. The highest BCUT2D eigenvalue weighted by molar-refractivity contribution is 7.14. The molecule has 1 amide bonds. The minimum absolute atomic E-state index is 0.0222. The van der Waals surface area contributed by atoms with Crippen molar-refractivity contribution in [3.05, 3.63) is 15.8 Å². The molecule has 1 aliphatic rings. The van der Waals surface area contributed by atoms with Gasteiger partial charge in [0.2, 0.25) is 0 Å². The molecule has 0 bridgehead atoms. The standard InChI is InChI=1S/C16H22F2N2O4S/c1-3-19(9-13(21)22)11-4-6-20(7-5-11)15(23)14-12(24-16(17)18)8-10(2)25-14/h8,11,16H,3-7,9H2,1-2H3,(H,21,22). The van der Waals surface area contributed by atoms with Gasteiger partial charge in [0.15, 0.2) is 0 Å². The minimum Gasteiger partial charge on any atom is -0.480 e. The monoisotopic (exact) mass is 376 g/mol. The molecule has 0 aromatic carbocycles. The lowest BCUT2D eigenvalue weighted by Crippen LogP contribution is -2.48. The van der Waals surface area contributed by atoms with Crippen molar-refractivity contribution in [3.63, 3.8) is 0 Å². The van der Waals surface area contributed by atoms with Crippen molar-refractivity contribution in [2.45, 2.75) is 39.3 Å². The average molecular weight is 376 g/mol. The van der Waals surface area contributed by atoms with E-state index in [1.54, 1.807) is 11.8 Å². The summed E-state index contributed by atoms with van der Waals surface area (Å²) in [5.74, 6) is -1.26. The first kappa shape index (κ1) is 19.6.